The van der Waals surface area contributed by atoms with Gasteiger partial charge in [0.05, 0.1) is 6.04 Å². The molecule has 2 atom stereocenters. The van der Waals surface area contributed by atoms with E-state index >= 15 is 0 Å². The Morgan fingerprint density at radius 3 is 2.47 bits per heavy atom. The van der Waals surface area contributed by atoms with E-state index in [1.54, 1.807) is 24.3 Å². The Balaban J connectivity index is 1.46. The lowest BCUT2D eigenvalue weighted by molar-refractivity contribution is -0.145. The van der Waals surface area contributed by atoms with Crippen LogP contribution in [-0.2, 0) is 11.3 Å². The number of piperidine rings is 1. The van der Waals surface area contributed by atoms with Gasteiger partial charge < -0.3 is 14.2 Å². The molecule has 1 saturated heterocycles. The number of likely N-dealkylation sites (tertiary alicyclic amines) is 1. The number of halogens is 5. The first-order valence-corrected chi connectivity index (χ1v) is 11.1. The smallest absolute Gasteiger partial charge is 0.315 e. The monoisotopic (exact) mass is 506 g/mol. The Kier molecular flexibility index (Phi) is 6.19. The lowest BCUT2D eigenvalue weighted by Crippen LogP contribution is -2.54. The second-order valence-electron chi connectivity index (χ2n) is 8.65. The maximum absolute atomic E-state index is 13.5. The van der Waals surface area contributed by atoms with Gasteiger partial charge >= 0.3 is 12.9 Å². The topological polar surface area (TPSA) is 79.5 Å². The Labute approximate surface area is 201 Å². The van der Waals surface area contributed by atoms with Crippen LogP contribution in [0.4, 0.5) is 22.0 Å². The van der Waals surface area contributed by atoms with Gasteiger partial charge in [0.2, 0.25) is 5.89 Å². The van der Waals surface area contributed by atoms with Gasteiger partial charge in [-0.25, -0.2) is 4.39 Å². The van der Waals surface area contributed by atoms with Gasteiger partial charge in [0, 0.05) is 36.7 Å². The summed E-state index contributed by atoms with van der Waals surface area (Å²) in [6, 6.07) is 9.74. The number of benzene rings is 2. The first kappa shape index (κ1) is 23.9. The molecular weight excluding hydrogens is 487 g/mol. The molecular formula is C24H19F5N4O3. The fraction of sp³-hybridized carbons (Fsp3) is 0.333. The number of fused-ring (bicyclic) bond motifs is 1. The van der Waals surface area contributed by atoms with Crippen LogP contribution >= 0.6 is 0 Å². The van der Waals surface area contributed by atoms with Crippen LogP contribution in [-0.4, -0.2) is 57.4 Å². The summed E-state index contributed by atoms with van der Waals surface area (Å²) in [5.74, 6) is -3.50. The van der Waals surface area contributed by atoms with Crippen molar-refractivity contribution < 1.29 is 36.0 Å². The average molecular weight is 506 g/mol. The number of amides is 2. The molecule has 2 aromatic carbocycles. The van der Waals surface area contributed by atoms with Crippen LogP contribution in [0.2, 0.25) is 0 Å². The highest BCUT2D eigenvalue weighted by molar-refractivity contribution is 5.99. The second-order valence-corrected chi connectivity index (χ2v) is 8.65. The SMILES string of the molecule is O=C(C(F)F)N1CC[C@H](c2ccc(F)cc2)[C@H](N2Cc3ccc(-c4nnc(C(F)F)o4)cc3C2=O)C1. The third-order valence-corrected chi connectivity index (χ3v) is 6.59. The maximum Gasteiger partial charge on any atom is 0.315 e. The molecule has 0 spiro atoms. The predicted octanol–water partition coefficient (Wildman–Crippen LogP) is 4.42. The molecule has 2 aliphatic rings. The highest BCUT2D eigenvalue weighted by Gasteiger charge is 2.42. The van der Waals surface area contributed by atoms with Gasteiger partial charge in [-0.3, -0.25) is 9.59 Å². The van der Waals surface area contributed by atoms with Crippen molar-refractivity contribution in [2.45, 2.75) is 37.8 Å². The number of rotatable bonds is 5. The lowest BCUT2D eigenvalue weighted by Gasteiger charge is -2.43. The molecule has 0 N–H and O–H groups in total. The number of carbonyl (C=O) groups excluding carboxylic acids is 2. The lowest BCUT2D eigenvalue weighted by atomic mass is 9.84. The zero-order valence-electron chi connectivity index (χ0n) is 18.6. The summed E-state index contributed by atoms with van der Waals surface area (Å²) >= 11 is 0. The van der Waals surface area contributed by atoms with E-state index in [1.807, 2.05) is 0 Å². The minimum atomic E-state index is -3.17. The fourth-order valence-corrected chi connectivity index (χ4v) is 4.85. The first-order valence-electron chi connectivity index (χ1n) is 11.1. The molecule has 1 fully saturated rings. The van der Waals surface area contributed by atoms with Crippen LogP contribution in [0, 0.1) is 5.82 Å². The molecule has 5 rings (SSSR count). The van der Waals surface area contributed by atoms with E-state index in [-0.39, 0.29) is 42.6 Å². The van der Waals surface area contributed by atoms with Crippen LogP contribution in [0.5, 0.6) is 0 Å². The molecule has 0 bridgehead atoms. The van der Waals surface area contributed by atoms with Crippen molar-refractivity contribution in [1.29, 1.82) is 0 Å². The molecule has 3 heterocycles. The van der Waals surface area contributed by atoms with E-state index in [0.717, 1.165) is 10.5 Å². The minimum Gasteiger partial charge on any atom is -0.415 e. The van der Waals surface area contributed by atoms with E-state index in [4.69, 9.17) is 4.42 Å². The van der Waals surface area contributed by atoms with Gasteiger partial charge in [-0.2, -0.15) is 17.6 Å². The van der Waals surface area contributed by atoms with Gasteiger partial charge in [0.25, 0.3) is 17.7 Å². The van der Waals surface area contributed by atoms with Crippen molar-refractivity contribution in [1.82, 2.24) is 20.0 Å². The summed E-state index contributed by atoms with van der Waals surface area (Å²) in [6.45, 7) is 0.114. The quantitative estimate of drug-likeness (QED) is 0.479. The van der Waals surface area contributed by atoms with Gasteiger partial charge in [-0.05, 0) is 41.8 Å². The van der Waals surface area contributed by atoms with E-state index in [0.29, 0.717) is 12.0 Å². The van der Waals surface area contributed by atoms with E-state index in [2.05, 4.69) is 10.2 Å². The molecule has 7 nitrogen and oxygen atoms in total. The Bertz CT molecular complexity index is 1300. The number of alkyl halides is 4. The minimum absolute atomic E-state index is 0.0739. The van der Waals surface area contributed by atoms with Crippen molar-refractivity contribution in [3.05, 3.63) is 70.9 Å². The second kappa shape index (κ2) is 9.32. The van der Waals surface area contributed by atoms with E-state index in [1.165, 1.54) is 23.1 Å². The zero-order valence-corrected chi connectivity index (χ0v) is 18.6. The number of carbonyl (C=O) groups is 2. The van der Waals surface area contributed by atoms with Gasteiger partial charge in [0.1, 0.15) is 5.82 Å². The summed E-state index contributed by atoms with van der Waals surface area (Å²) < 4.78 is 70.4. The molecule has 1 aromatic heterocycles. The Hall–Kier alpha value is -3.83. The van der Waals surface area contributed by atoms with Crippen molar-refractivity contribution >= 4 is 11.8 Å². The molecule has 0 saturated carbocycles. The van der Waals surface area contributed by atoms with Crippen molar-refractivity contribution in [3.8, 4) is 11.5 Å². The average Bonchev–Trinajstić information content (AvgIpc) is 3.49. The molecule has 0 radical (unpaired) electrons. The zero-order chi connectivity index (χ0) is 25.6. The van der Waals surface area contributed by atoms with Gasteiger partial charge in [-0.15, -0.1) is 10.2 Å². The third-order valence-electron chi connectivity index (χ3n) is 6.59. The number of aromatic nitrogens is 2. The highest BCUT2D eigenvalue weighted by Crippen LogP contribution is 2.37. The molecule has 12 heteroatoms. The summed E-state index contributed by atoms with van der Waals surface area (Å²) in [4.78, 5) is 28.1. The van der Waals surface area contributed by atoms with Crippen molar-refractivity contribution in [2.24, 2.45) is 0 Å². The summed E-state index contributed by atoms with van der Waals surface area (Å²) in [5.41, 5.74) is 1.91. The van der Waals surface area contributed by atoms with E-state index < -0.39 is 42.4 Å². The molecule has 36 heavy (non-hydrogen) atoms. The molecule has 0 unspecified atom stereocenters. The molecule has 188 valence electrons. The van der Waals surface area contributed by atoms with Gasteiger partial charge in [-0.1, -0.05) is 18.2 Å². The number of hydrogen-bond donors (Lipinski definition) is 0. The predicted molar refractivity (Wildman–Crippen MR) is 115 cm³/mol. The standard InChI is InChI=1S/C24H19F5N4O3/c25-15-5-3-12(4-6-15)16-7-8-32(24(35)20(28)29)11-18(16)33-10-14-2-1-13(9-17(14)23(33)34)21-30-31-22(36-21)19(26)27/h1-6,9,16,18-20H,7-8,10-11H2/t16-,18-/m1/s1. The largest absolute Gasteiger partial charge is 0.415 e. The third kappa shape index (κ3) is 4.31. The van der Waals surface area contributed by atoms with Crippen LogP contribution in [0.15, 0.2) is 46.9 Å². The maximum atomic E-state index is 13.5. The molecule has 0 aliphatic carbocycles. The fourth-order valence-electron chi connectivity index (χ4n) is 4.85. The highest BCUT2D eigenvalue weighted by atomic mass is 19.3. The summed E-state index contributed by atoms with van der Waals surface area (Å²) in [5, 5.41) is 6.90. The van der Waals surface area contributed by atoms with E-state index in [9.17, 15) is 31.5 Å². The summed E-state index contributed by atoms with van der Waals surface area (Å²) in [6.07, 6.45) is -5.81. The molecule has 3 aromatic rings. The summed E-state index contributed by atoms with van der Waals surface area (Å²) in [7, 11) is 0. The normalized spacial score (nSPS) is 19.9. The van der Waals surface area contributed by atoms with Gasteiger partial charge in [0.15, 0.2) is 0 Å². The number of nitrogens with zero attached hydrogens (tertiary/aromatic N) is 4. The van der Waals surface area contributed by atoms with Crippen LogP contribution < -0.4 is 0 Å². The molecule has 2 aliphatic heterocycles. The van der Waals surface area contributed by atoms with Crippen LogP contribution in [0.3, 0.4) is 0 Å². The number of hydrogen-bond acceptors (Lipinski definition) is 5. The first-order chi connectivity index (χ1) is 17.2. The van der Waals surface area contributed by atoms with Crippen molar-refractivity contribution in [3.63, 3.8) is 0 Å². The Morgan fingerprint density at radius 1 is 1.06 bits per heavy atom. The Morgan fingerprint density at radius 2 is 1.81 bits per heavy atom. The van der Waals surface area contributed by atoms with Crippen LogP contribution in [0.25, 0.3) is 11.5 Å². The molecule has 2 amide bonds. The van der Waals surface area contributed by atoms with Crippen molar-refractivity contribution in [2.75, 3.05) is 13.1 Å². The van der Waals surface area contributed by atoms with Crippen LogP contribution in [0.1, 0.15) is 46.1 Å².